The molecule has 0 radical (unpaired) electrons. The Bertz CT molecular complexity index is 1040. The number of rotatable bonds is 4. The van der Waals surface area contributed by atoms with Crippen LogP contribution in [0.5, 0.6) is 5.75 Å². The molecule has 3 aromatic rings. The zero-order valence-electron chi connectivity index (χ0n) is 13.8. The Labute approximate surface area is 149 Å². The van der Waals surface area contributed by atoms with Crippen LogP contribution in [0.1, 0.15) is 12.0 Å². The smallest absolute Gasteiger partial charge is 0.201 e. The first-order valence-corrected chi connectivity index (χ1v) is 8.27. The fourth-order valence-corrected chi connectivity index (χ4v) is 3.39. The van der Waals surface area contributed by atoms with Gasteiger partial charge in [0.25, 0.3) is 0 Å². The molecule has 26 heavy (non-hydrogen) atoms. The molecule has 4 heteroatoms. The predicted molar refractivity (Wildman–Crippen MR) is 96.4 cm³/mol. The summed E-state index contributed by atoms with van der Waals surface area (Å²) in [5.74, 6) is -3.93. The molecule has 4 rings (SSSR count). The molecule has 0 fully saturated rings. The molecule has 1 nitrogen and oxygen atoms in total. The highest BCUT2D eigenvalue weighted by molar-refractivity contribution is 6.04. The van der Waals surface area contributed by atoms with E-state index >= 15 is 4.39 Å². The SMILES string of the molecule is C=CCCc1ccc(-c2ccc3c(c2F)-c2c-3cc(O)c(F)c2F)cc1. The Hall–Kier alpha value is -3.01. The van der Waals surface area contributed by atoms with E-state index in [9.17, 15) is 13.9 Å². The Kier molecular flexibility index (Phi) is 3.83. The van der Waals surface area contributed by atoms with E-state index in [4.69, 9.17) is 0 Å². The first kappa shape index (κ1) is 16.5. The van der Waals surface area contributed by atoms with E-state index in [1.807, 2.05) is 30.3 Å². The van der Waals surface area contributed by atoms with Crippen LogP contribution in [0.3, 0.4) is 0 Å². The average molecular weight is 352 g/mol. The molecule has 0 amide bonds. The first-order valence-electron chi connectivity index (χ1n) is 8.27. The van der Waals surface area contributed by atoms with Crippen LogP contribution >= 0.6 is 0 Å². The van der Waals surface area contributed by atoms with E-state index in [2.05, 4.69) is 6.58 Å². The van der Waals surface area contributed by atoms with Crippen molar-refractivity contribution in [2.24, 2.45) is 0 Å². The molecule has 130 valence electrons. The normalized spacial score (nSPS) is 11.5. The van der Waals surface area contributed by atoms with Crippen molar-refractivity contribution in [2.75, 3.05) is 0 Å². The second-order valence-corrected chi connectivity index (χ2v) is 6.32. The molecular weight excluding hydrogens is 337 g/mol. The van der Waals surface area contributed by atoms with Crippen molar-refractivity contribution in [3.8, 4) is 39.1 Å². The highest BCUT2D eigenvalue weighted by atomic mass is 19.2. The van der Waals surface area contributed by atoms with Gasteiger partial charge in [-0.25, -0.2) is 8.78 Å². The van der Waals surface area contributed by atoms with E-state index in [0.717, 1.165) is 24.5 Å². The summed E-state index contributed by atoms with van der Waals surface area (Å²) in [6, 6.07) is 11.9. The van der Waals surface area contributed by atoms with Gasteiger partial charge in [0.2, 0.25) is 5.82 Å². The monoisotopic (exact) mass is 352 g/mol. The predicted octanol–water partition coefficient (Wildman–Crippen LogP) is 6.24. The molecule has 3 aromatic carbocycles. The third kappa shape index (κ3) is 2.33. The van der Waals surface area contributed by atoms with Gasteiger partial charge in [0, 0.05) is 16.7 Å². The van der Waals surface area contributed by atoms with Crippen molar-refractivity contribution >= 4 is 0 Å². The largest absolute Gasteiger partial charge is 0.505 e. The van der Waals surface area contributed by atoms with Gasteiger partial charge < -0.3 is 5.11 Å². The van der Waals surface area contributed by atoms with E-state index in [1.54, 1.807) is 12.1 Å². The van der Waals surface area contributed by atoms with Gasteiger partial charge in [0.05, 0.1) is 0 Å². The van der Waals surface area contributed by atoms with Crippen molar-refractivity contribution < 1.29 is 18.3 Å². The molecule has 0 heterocycles. The second kappa shape index (κ2) is 6.06. The van der Waals surface area contributed by atoms with E-state index in [-0.39, 0.29) is 11.1 Å². The summed E-state index contributed by atoms with van der Waals surface area (Å²) in [6.07, 6.45) is 3.56. The minimum Gasteiger partial charge on any atom is -0.505 e. The third-order valence-corrected chi connectivity index (χ3v) is 4.77. The Morgan fingerprint density at radius 2 is 1.46 bits per heavy atom. The zero-order valence-corrected chi connectivity index (χ0v) is 13.8. The van der Waals surface area contributed by atoms with E-state index in [1.165, 1.54) is 0 Å². The molecule has 0 unspecified atom stereocenters. The number of benzene rings is 3. The molecule has 1 aliphatic carbocycles. The van der Waals surface area contributed by atoms with Crippen LogP contribution in [0.15, 0.2) is 55.1 Å². The summed E-state index contributed by atoms with van der Waals surface area (Å²) in [5.41, 5.74) is 2.85. The van der Waals surface area contributed by atoms with Crippen molar-refractivity contribution in [3.63, 3.8) is 0 Å². The van der Waals surface area contributed by atoms with Gasteiger partial charge in [-0.05, 0) is 41.2 Å². The molecule has 0 aromatic heterocycles. The Morgan fingerprint density at radius 1 is 0.808 bits per heavy atom. The topological polar surface area (TPSA) is 20.2 Å². The highest BCUT2D eigenvalue weighted by Gasteiger charge is 2.34. The molecular formula is C22H15F3O. The molecule has 1 N–H and O–H groups in total. The number of allylic oxidation sites excluding steroid dienone is 1. The summed E-state index contributed by atoms with van der Waals surface area (Å²) in [6.45, 7) is 3.69. The number of aryl methyl sites for hydroxylation is 1. The third-order valence-electron chi connectivity index (χ3n) is 4.77. The van der Waals surface area contributed by atoms with Crippen LogP contribution < -0.4 is 0 Å². The average Bonchev–Trinajstić information content (AvgIpc) is 2.64. The van der Waals surface area contributed by atoms with Crippen molar-refractivity contribution in [3.05, 3.63) is 78.1 Å². The first-order chi connectivity index (χ1) is 12.5. The quantitative estimate of drug-likeness (QED) is 0.431. The van der Waals surface area contributed by atoms with Gasteiger partial charge >= 0.3 is 0 Å². The fourth-order valence-electron chi connectivity index (χ4n) is 3.39. The number of hydrogen-bond acceptors (Lipinski definition) is 1. The van der Waals surface area contributed by atoms with Gasteiger partial charge in [-0.3, -0.25) is 0 Å². The van der Waals surface area contributed by atoms with Gasteiger partial charge in [-0.1, -0.05) is 42.5 Å². The molecule has 0 bridgehead atoms. The van der Waals surface area contributed by atoms with Crippen LogP contribution in [0.25, 0.3) is 33.4 Å². The standard InChI is InChI=1S/C22H15F3O/c1-2-3-4-12-5-7-13(8-6-12)14-9-10-15-16-11-17(26)21(24)22(25)19(16)18(15)20(14)23/h2,5-11,26H,1,3-4H2. The number of hydrogen-bond donors (Lipinski definition) is 1. The maximum Gasteiger partial charge on any atom is 0.201 e. The summed E-state index contributed by atoms with van der Waals surface area (Å²) in [4.78, 5) is 0. The van der Waals surface area contributed by atoms with Crippen LogP contribution in [0.4, 0.5) is 13.2 Å². The zero-order chi connectivity index (χ0) is 18.4. The lowest BCUT2D eigenvalue weighted by atomic mass is 9.78. The lowest BCUT2D eigenvalue weighted by molar-refractivity contribution is 0.408. The molecule has 0 atom stereocenters. The van der Waals surface area contributed by atoms with Gasteiger partial charge in [0.15, 0.2) is 11.6 Å². The van der Waals surface area contributed by atoms with E-state index < -0.39 is 23.2 Å². The molecule has 0 saturated carbocycles. The molecule has 1 aliphatic rings. The Balaban J connectivity index is 1.77. The van der Waals surface area contributed by atoms with Gasteiger partial charge in [-0.15, -0.1) is 6.58 Å². The summed E-state index contributed by atoms with van der Waals surface area (Å²) in [7, 11) is 0. The number of fused-ring (bicyclic) bond motifs is 4. The van der Waals surface area contributed by atoms with Crippen LogP contribution in [-0.4, -0.2) is 5.11 Å². The van der Waals surface area contributed by atoms with Crippen molar-refractivity contribution in [1.82, 2.24) is 0 Å². The summed E-state index contributed by atoms with van der Waals surface area (Å²) >= 11 is 0. The Morgan fingerprint density at radius 3 is 2.15 bits per heavy atom. The number of halogens is 3. The lowest BCUT2D eigenvalue weighted by Gasteiger charge is -2.26. The van der Waals surface area contributed by atoms with Gasteiger partial charge in [0.1, 0.15) is 5.82 Å². The van der Waals surface area contributed by atoms with Crippen LogP contribution in [-0.2, 0) is 6.42 Å². The number of phenolic OH excluding ortho intramolecular Hbond substituents is 1. The fraction of sp³-hybridized carbons (Fsp3) is 0.0909. The minimum atomic E-state index is -1.36. The number of aromatic hydroxyl groups is 1. The second-order valence-electron chi connectivity index (χ2n) is 6.32. The lowest BCUT2D eigenvalue weighted by Crippen LogP contribution is -2.07. The minimum absolute atomic E-state index is 0.0598. The highest BCUT2D eigenvalue weighted by Crippen LogP contribution is 2.53. The molecule has 0 aliphatic heterocycles. The van der Waals surface area contributed by atoms with E-state index in [0.29, 0.717) is 22.3 Å². The maximum atomic E-state index is 15.0. The van der Waals surface area contributed by atoms with Crippen LogP contribution in [0.2, 0.25) is 0 Å². The summed E-state index contributed by atoms with van der Waals surface area (Å²) in [5, 5.41) is 9.44. The van der Waals surface area contributed by atoms with Crippen molar-refractivity contribution in [1.29, 1.82) is 0 Å². The maximum absolute atomic E-state index is 15.0. The van der Waals surface area contributed by atoms with Crippen molar-refractivity contribution in [2.45, 2.75) is 12.8 Å². The van der Waals surface area contributed by atoms with Crippen LogP contribution in [0, 0.1) is 17.5 Å². The molecule has 0 spiro atoms. The van der Waals surface area contributed by atoms with Gasteiger partial charge in [-0.2, -0.15) is 4.39 Å². The number of phenols is 1. The summed E-state index contributed by atoms with van der Waals surface area (Å²) < 4.78 is 42.8. The molecule has 0 saturated heterocycles.